The van der Waals surface area contributed by atoms with Gasteiger partial charge in [0.1, 0.15) is 12.1 Å². The highest BCUT2D eigenvalue weighted by Gasteiger charge is 2.25. The second-order valence-electron chi connectivity index (χ2n) is 5.87. The minimum Gasteiger partial charge on any atom is -0.481 e. The van der Waals surface area contributed by atoms with Crippen LogP contribution in [0.15, 0.2) is 0 Å². The monoisotopic (exact) mass is 435 g/mol. The van der Waals surface area contributed by atoms with E-state index in [9.17, 15) is 28.8 Å². The quantitative estimate of drug-likeness (QED) is 0.174. The Balaban J connectivity index is 0. The molecule has 0 aromatic heterocycles. The fraction of sp³-hybridized carbons (Fsp3) is 0.647. The molecular formula is C17H29N3O10. The van der Waals surface area contributed by atoms with Crippen LogP contribution in [0.2, 0.25) is 0 Å². The van der Waals surface area contributed by atoms with Crippen LogP contribution in [0, 0.1) is 0 Å². The van der Waals surface area contributed by atoms with Crippen LogP contribution in [0.25, 0.3) is 0 Å². The van der Waals surface area contributed by atoms with E-state index in [2.05, 4.69) is 10.6 Å². The van der Waals surface area contributed by atoms with Gasteiger partial charge in [0.2, 0.25) is 11.8 Å². The molecule has 0 heterocycles. The number of rotatable bonds is 14. The van der Waals surface area contributed by atoms with Crippen molar-refractivity contribution in [3.63, 3.8) is 0 Å². The van der Waals surface area contributed by atoms with E-state index in [1.54, 1.807) is 0 Å². The fourth-order valence-corrected chi connectivity index (χ4v) is 2.01. The summed E-state index contributed by atoms with van der Waals surface area (Å²) in [6, 6.07) is -4.17. The largest absolute Gasteiger partial charge is 0.481 e. The number of nitrogens with one attached hydrogen (secondary N) is 2. The normalized spacial score (nSPS) is 12.9. The summed E-state index contributed by atoms with van der Waals surface area (Å²) in [6.07, 6.45) is -2.24. The van der Waals surface area contributed by atoms with Crippen molar-refractivity contribution in [1.82, 2.24) is 10.6 Å². The molecule has 0 aromatic carbocycles. The Hall–Kier alpha value is -3.22. The number of carbonyl (C=O) groups excluding carboxylic acids is 2. The van der Waals surface area contributed by atoms with Crippen molar-refractivity contribution in [3.05, 3.63) is 0 Å². The van der Waals surface area contributed by atoms with Gasteiger partial charge in [-0.25, -0.2) is 9.59 Å². The Morgan fingerprint density at radius 2 is 1.10 bits per heavy atom. The van der Waals surface area contributed by atoms with Crippen LogP contribution in [0.3, 0.4) is 0 Å². The van der Waals surface area contributed by atoms with Crippen LogP contribution in [0.4, 0.5) is 0 Å². The zero-order valence-electron chi connectivity index (χ0n) is 16.8. The van der Waals surface area contributed by atoms with E-state index in [1.165, 1.54) is 0 Å². The molecule has 0 saturated carbocycles. The summed E-state index contributed by atoms with van der Waals surface area (Å²) in [5.74, 6) is -7.01. The number of aliphatic carboxylic acids is 4. The van der Waals surface area contributed by atoms with Gasteiger partial charge in [-0.15, -0.1) is 0 Å². The standard InChI is InChI=1S/C15H23N3O10.C2H6/c16-7(13(24)18-9(15(27)28)3-6-12(22)23)1-4-10(19)17-8(14(25)26)2-5-11(20)21;1-2/h7-9H,1-6,16H2,(H,17,19)(H,18,24)(H,20,21)(H,22,23)(H,25,26)(H,27,28);1-2H3. The molecule has 8 N–H and O–H groups in total. The van der Waals surface area contributed by atoms with Gasteiger partial charge in [0, 0.05) is 19.3 Å². The smallest absolute Gasteiger partial charge is 0.326 e. The van der Waals surface area contributed by atoms with Gasteiger partial charge in [0.25, 0.3) is 0 Å². The van der Waals surface area contributed by atoms with E-state index >= 15 is 0 Å². The maximum atomic E-state index is 11.9. The van der Waals surface area contributed by atoms with Crippen LogP contribution < -0.4 is 16.4 Å². The average Bonchev–Trinajstić information content (AvgIpc) is 2.66. The van der Waals surface area contributed by atoms with Gasteiger partial charge in [-0.2, -0.15) is 0 Å². The van der Waals surface area contributed by atoms with Crippen LogP contribution in [0.1, 0.15) is 52.4 Å². The Morgan fingerprint density at radius 1 is 0.700 bits per heavy atom. The van der Waals surface area contributed by atoms with E-state index in [4.69, 9.17) is 26.2 Å². The lowest BCUT2D eigenvalue weighted by atomic mass is 10.1. The molecule has 0 spiro atoms. The minimum absolute atomic E-state index is 0.242. The number of carboxylic acid groups (broad SMARTS) is 4. The van der Waals surface area contributed by atoms with Crippen LogP contribution in [-0.2, 0) is 28.8 Å². The van der Waals surface area contributed by atoms with E-state index in [1.807, 2.05) is 13.8 Å². The van der Waals surface area contributed by atoms with E-state index in [0.29, 0.717) is 0 Å². The Bertz CT molecular complexity index is 623. The highest BCUT2D eigenvalue weighted by molar-refractivity contribution is 5.88. The second-order valence-corrected chi connectivity index (χ2v) is 5.87. The lowest BCUT2D eigenvalue weighted by molar-refractivity contribution is -0.143. The van der Waals surface area contributed by atoms with Crippen molar-refractivity contribution < 1.29 is 49.2 Å². The Kier molecular flexibility index (Phi) is 15.1. The maximum absolute atomic E-state index is 11.9. The van der Waals surface area contributed by atoms with E-state index in [-0.39, 0.29) is 25.7 Å². The molecule has 0 saturated heterocycles. The van der Waals surface area contributed by atoms with Crippen LogP contribution in [0.5, 0.6) is 0 Å². The highest BCUT2D eigenvalue weighted by Crippen LogP contribution is 2.03. The molecule has 0 fully saturated rings. The summed E-state index contributed by atoms with van der Waals surface area (Å²) in [4.78, 5) is 66.6. The predicted molar refractivity (Wildman–Crippen MR) is 101 cm³/mol. The molecule has 30 heavy (non-hydrogen) atoms. The number of carbonyl (C=O) groups is 6. The highest BCUT2D eigenvalue weighted by atomic mass is 16.4. The Morgan fingerprint density at radius 3 is 1.47 bits per heavy atom. The molecule has 0 bridgehead atoms. The number of hydrogen-bond acceptors (Lipinski definition) is 7. The Labute approximate surface area is 172 Å². The number of amides is 2. The van der Waals surface area contributed by atoms with Crippen molar-refractivity contribution in [3.8, 4) is 0 Å². The number of carboxylic acids is 4. The first-order valence-electron chi connectivity index (χ1n) is 9.18. The molecule has 13 nitrogen and oxygen atoms in total. The zero-order valence-corrected chi connectivity index (χ0v) is 16.8. The van der Waals surface area contributed by atoms with Crippen LogP contribution in [-0.4, -0.2) is 74.2 Å². The fourth-order valence-electron chi connectivity index (χ4n) is 2.01. The molecule has 0 aliphatic rings. The molecule has 13 heteroatoms. The van der Waals surface area contributed by atoms with Crippen molar-refractivity contribution >= 4 is 35.7 Å². The van der Waals surface area contributed by atoms with Crippen molar-refractivity contribution in [2.24, 2.45) is 5.73 Å². The third-order valence-corrected chi connectivity index (χ3v) is 3.56. The molecular weight excluding hydrogens is 406 g/mol. The summed E-state index contributed by atoms with van der Waals surface area (Å²) in [5.41, 5.74) is 5.56. The summed E-state index contributed by atoms with van der Waals surface area (Å²) in [6.45, 7) is 4.00. The molecule has 3 unspecified atom stereocenters. The van der Waals surface area contributed by atoms with Crippen molar-refractivity contribution in [2.75, 3.05) is 0 Å². The van der Waals surface area contributed by atoms with Gasteiger partial charge in [0.15, 0.2) is 0 Å². The summed E-state index contributed by atoms with van der Waals surface area (Å²) < 4.78 is 0. The molecule has 0 aromatic rings. The first kappa shape index (κ1) is 29.0. The van der Waals surface area contributed by atoms with E-state index < -0.39 is 66.7 Å². The topological polar surface area (TPSA) is 233 Å². The molecule has 172 valence electrons. The summed E-state index contributed by atoms with van der Waals surface area (Å²) in [7, 11) is 0. The van der Waals surface area contributed by atoms with Crippen LogP contribution >= 0.6 is 0 Å². The molecule has 2 amide bonds. The van der Waals surface area contributed by atoms with Gasteiger partial charge < -0.3 is 36.8 Å². The predicted octanol–water partition coefficient (Wildman–Crippen LogP) is -1.01. The zero-order chi connectivity index (χ0) is 23.9. The number of nitrogens with two attached hydrogens (primary N) is 1. The van der Waals surface area contributed by atoms with Crippen molar-refractivity contribution in [2.45, 2.75) is 70.5 Å². The molecule has 0 aliphatic carbocycles. The van der Waals surface area contributed by atoms with Gasteiger partial charge in [-0.3, -0.25) is 19.2 Å². The molecule has 0 radical (unpaired) electrons. The summed E-state index contributed by atoms with van der Waals surface area (Å²) >= 11 is 0. The number of hydrogen-bond donors (Lipinski definition) is 7. The molecule has 3 atom stereocenters. The SMILES string of the molecule is CC.NC(CCC(=O)NC(CCC(=O)O)C(=O)O)C(=O)NC(CCC(=O)O)C(=O)O. The average molecular weight is 435 g/mol. The van der Waals surface area contributed by atoms with Gasteiger partial charge in [0.05, 0.1) is 6.04 Å². The lowest BCUT2D eigenvalue weighted by Crippen LogP contribution is -2.49. The van der Waals surface area contributed by atoms with Gasteiger partial charge >= 0.3 is 23.9 Å². The maximum Gasteiger partial charge on any atom is 0.326 e. The second kappa shape index (κ2) is 15.7. The minimum atomic E-state index is -1.46. The third kappa shape index (κ3) is 13.9. The van der Waals surface area contributed by atoms with Crippen molar-refractivity contribution in [1.29, 1.82) is 0 Å². The lowest BCUT2D eigenvalue weighted by Gasteiger charge is -2.18. The first-order chi connectivity index (χ1) is 13.9. The molecule has 0 rings (SSSR count). The van der Waals surface area contributed by atoms with Gasteiger partial charge in [-0.05, 0) is 19.3 Å². The third-order valence-electron chi connectivity index (χ3n) is 3.56. The molecule has 0 aliphatic heterocycles. The van der Waals surface area contributed by atoms with E-state index in [0.717, 1.165) is 0 Å². The van der Waals surface area contributed by atoms with Gasteiger partial charge in [-0.1, -0.05) is 13.8 Å². The first-order valence-corrected chi connectivity index (χ1v) is 9.18. The summed E-state index contributed by atoms with van der Waals surface area (Å²) in [5, 5.41) is 39.2.